The van der Waals surface area contributed by atoms with Crippen molar-refractivity contribution in [1.82, 2.24) is 5.32 Å². The van der Waals surface area contributed by atoms with Gasteiger partial charge < -0.3 is 25.1 Å². The van der Waals surface area contributed by atoms with E-state index in [0.717, 1.165) is 14.2 Å². The summed E-state index contributed by atoms with van der Waals surface area (Å²) in [5.41, 5.74) is 6.53. The molecule has 4 amide bonds. The molecule has 3 rings (SSSR count). The van der Waals surface area contributed by atoms with E-state index in [1.54, 1.807) is 66.7 Å². The number of guanidine groups is 1. The average molecular weight is 510 g/mol. The normalized spacial score (nSPS) is 11.7. The zero-order chi connectivity index (χ0) is 26.1. The SMILES string of the molecule is COC(=O)N=C(NC(=O)OC)Nc1ccc([S+]([O-])c2ccccc2)cc1N(C(N)=O)c1ccccc1. The summed E-state index contributed by atoms with van der Waals surface area (Å²) in [5.74, 6) is -0.343. The second-order valence-corrected chi connectivity index (χ2v) is 8.42. The topological polar surface area (TPSA) is 158 Å². The Morgan fingerprint density at radius 2 is 1.56 bits per heavy atom. The molecule has 0 aliphatic rings. The Hall–Kier alpha value is -4.55. The molecule has 3 aromatic rings. The number of amides is 4. The lowest BCUT2D eigenvalue weighted by atomic mass is 10.2. The maximum absolute atomic E-state index is 13.2. The van der Waals surface area contributed by atoms with Crippen molar-refractivity contribution in [3.8, 4) is 0 Å². The van der Waals surface area contributed by atoms with Crippen LogP contribution in [-0.4, -0.2) is 42.9 Å². The monoisotopic (exact) mass is 509 g/mol. The molecule has 11 nitrogen and oxygen atoms in total. The number of hydrogen-bond acceptors (Lipinski definition) is 6. The average Bonchev–Trinajstić information content (AvgIpc) is 2.89. The van der Waals surface area contributed by atoms with Crippen LogP contribution in [0.15, 0.2) is 93.6 Å². The summed E-state index contributed by atoms with van der Waals surface area (Å²) >= 11 is -1.59. The molecule has 12 heteroatoms. The fourth-order valence-electron chi connectivity index (χ4n) is 3.06. The second-order valence-electron chi connectivity index (χ2n) is 6.94. The summed E-state index contributed by atoms with van der Waals surface area (Å²) in [5, 5.41) is 5.04. The first-order chi connectivity index (χ1) is 17.3. The van der Waals surface area contributed by atoms with Gasteiger partial charge in [-0.2, -0.15) is 0 Å². The number of methoxy groups -OCH3 is 2. The number of urea groups is 1. The standard InChI is InChI=1S/C24H23N5O6S/c1-34-23(31)27-22(28-24(32)35-2)26-19-14-13-18(36(33)17-11-7-4-8-12-17)15-20(19)29(21(25)30)16-9-5-3-6-10-16/h3-15H,1-2H3,(H2,25,30)(H2,26,27,28,31,32). The molecule has 0 fully saturated rings. The van der Waals surface area contributed by atoms with Crippen molar-refractivity contribution in [3.05, 3.63) is 78.9 Å². The van der Waals surface area contributed by atoms with Crippen LogP contribution < -0.4 is 21.3 Å². The lowest BCUT2D eigenvalue weighted by Gasteiger charge is -2.25. The first-order valence-electron chi connectivity index (χ1n) is 10.4. The van der Waals surface area contributed by atoms with Gasteiger partial charge in [-0.05, 0) is 36.4 Å². The molecule has 0 radical (unpaired) electrons. The summed E-state index contributed by atoms with van der Waals surface area (Å²) < 4.78 is 22.3. The van der Waals surface area contributed by atoms with E-state index in [4.69, 9.17) is 5.73 Å². The Morgan fingerprint density at radius 1 is 0.917 bits per heavy atom. The number of carbonyl (C=O) groups is 3. The maximum Gasteiger partial charge on any atom is 0.436 e. The number of primary amides is 1. The highest BCUT2D eigenvalue weighted by Crippen LogP contribution is 2.35. The predicted octanol–water partition coefficient (Wildman–Crippen LogP) is 3.96. The van der Waals surface area contributed by atoms with Crippen molar-refractivity contribution < 1.29 is 28.4 Å². The van der Waals surface area contributed by atoms with Gasteiger partial charge in [-0.1, -0.05) is 36.4 Å². The summed E-state index contributed by atoms with van der Waals surface area (Å²) in [6.45, 7) is 0. The fraction of sp³-hybridized carbons (Fsp3) is 0.0833. The number of alkyl carbamates (subject to hydrolysis) is 1. The van der Waals surface area contributed by atoms with Crippen LogP contribution in [0, 0.1) is 0 Å². The number of hydrogen-bond donors (Lipinski definition) is 3. The number of nitrogens with zero attached hydrogens (tertiary/aromatic N) is 2. The summed E-state index contributed by atoms with van der Waals surface area (Å²) in [6, 6.07) is 21.0. The van der Waals surface area contributed by atoms with Crippen molar-refractivity contribution in [2.24, 2.45) is 10.7 Å². The van der Waals surface area contributed by atoms with Crippen molar-refractivity contribution in [3.63, 3.8) is 0 Å². The van der Waals surface area contributed by atoms with Crippen LogP contribution in [0.3, 0.4) is 0 Å². The number of anilines is 3. The fourth-order valence-corrected chi connectivity index (χ4v) is 4.15. The molecule has 186 valence electrons. The van der Waals surface area contributed by atoms with E-state index in [-0.39, 0.29) is 17.3 Å². The third-order valence-corrected chi connectivity index (χ3v) is 6.04. The molecule has 0 aliphatic carbocycles. The van der Waals surface area contributed by atoms with Crippen molar-refractivity contribution in [2.45, 2.75) is 9.79 Å². The molecule has 0 aromatic heterocycles. The Balaban J connectivity index is 2.14. The highest BCUT2D eigenvalue weighted by Gasteiger charge is 2.24. The minimum Gasteiger partial charge on any atom is -0.606 e. The molecule has 3 aromatic carbocycles. The van der Waals surface area contributed by atoms with Crippen LogP contribution in [0.4, 0.5) is 31.4 Å². The predicted molar refractivity (Wildman–Crippen MR) is 135 cm³/mol. The molecule has 0 saturated heterocycles. The Kier molecular flexibility index (Phi) is 8.86. The molecule has 0 bridgehead atoms. The smallest absolute Gasteiger partial charge is 0.436 e. The van der Waals surface area contributed by atoms with Crippen molar-refractivity contribution in [2.75, 3.05) is 24.4 Å². The zero-order valence-corrected chi connectivity index (χ0v) is 20.2. The third-order valence-electron chi connectivity index (χ3n) is 4.65. The highest BCUT2D eigenvalue weighted by atomic mass is 32.2. The first-order valence-corrected chi connectivity index (χ1v) is 11.5. The quantitative estimate of drug-likeness (QED) is 0.267. The van der Waals surface area contributed by atoms with Crippen LogP contribution >= 0.6 is 0 Å². The summed E-state index contributed by atoms with van der Waals surface area (Å²) in [4.78, 5) is 41.9. The number of nitrogens with one attached hydrogen (secondary N) is 2. The molecule has 1 unspecified atom stereocenters. The Labute approximate surface area is 210 Å². The van der Waals surface area contributed by atoms with E-state index >= 15 is 0 Å². The molecule has 36 heavy (non-hydrogen) atoms. The van der Waals surface area contributed by atoms with Crippen LogP contribution in [0.1, 0.15) is 0 Å². The van der Waals surface area contributed by atoms with Gasteiger partial charge in [0.15, 0.2) is 9.79 Å². The molecular formula is C24H23N5O6S. The van der Waals surface area contributed by atoms with Gasteiger partial charge in [0.2, 0.25) is 5.96 Å². The number of carbonyl (C=O) groups excluding carboxylic acids is 3. The number of nitrogens with two attached hydrogens (primary N) is 1. The molecule has 4 N–H and O–H groups in total. The van der Waals surface area contributed by atoms with Gasteiger partial charge in [-0.3, -0.25) is 10.2 Å². The van der Waals surface area contributed by atoms with Crippen molar-refractivity contribution >= 4 is 52.4 Å². The van der Waals surface area contributed by atoms with Gasteiger partial charge in [0.05, 0.1) is 31.3 Å². The summed E-state index contributed by atoms with van der Waals surface area (Å²) in [7, 11) is 2.25. The molecule has 0 heterocycles. The summed E-state index contributed by atoms with van der Waals surface area (Å²) in [6.07, 6.45) is -1.92. The minimum absolute atomic E-state index is 0.180. The van der Waals surface area contributed by atoms with E-state index in [9.17, 15) is 18.9 Å². The van der Waals surface area contributed by atoms with Gasteiger partial charge in [-0.15, -0.1) is 4.99 Å². The zero-order valence-electron chi connectivity index (χ0n) is 19.3. The molecule has 1 atom stereocenters. The van der Waals surface area contributed by atoms with Crippen LogP contribution in [0.5, 0.6) is 0 Å². The molecule has 0 aliphatic heterocycles. The largest absolute Gasteiger partial charge is 0.606 e. The molecule has 0 saturated carbocycles. The number of rotatable bonds is 5. The van der Waals surface area contributed by atoms with Gasteiger partial charge in [0.1, 0.15) is 0 Å². The van der Waals surface area contributed by atoms with Crippen LogP contribution in [0.2, 0.25) is 0 Å². The minimum atomic E-state index is -1.59. The number of benzene rings is 3. The lowest BCUT2D eigenvalue weighted by Crippen LogP contribution is -2.38. The van der Waals surface area contributed by atoms with Crippen LogP contribution in [-0.2, 0) is 20.6 Å². The Bertz CT molecular complexity index is 1260. The molecular weight excluding hydrogens is 486 g/mol. The first kappa shape index (κ1) is 26.1. The Morgan fingerprint density at radius 3 is 2.14 bits per heavy atom. The number of ether oxygens (including phenoxy) is 2. The third kappa shape index (κ3) is 6.52. The van der Waals surface area contributed by atoms with E-state index in [0.29, 0.717) is 15.5 Å². The van der Waals surface area contributed by atoms with E-state index < -0.39 is 29.4 Å². The van der Waals surface area contributed by atoms with E-state index in [1.165, 1.54) is 17.0 Å². The lowest BCUT2D eigenvalue weighted by molar-refractivity contribution is 0.176. The van der Waals surface area contributed by atoms with Crippen LogP contribution in [0.25, 0.3) is 0 Å². The van der Waals surface area contributed by atoms with Gasteiger partial charge in [-0.25, -0.2) is 14.4 Å². The van der Waals surface area contributed by atoms with Gasteiger partial charge in [0.25, 0.3) is 0 Å². The maximum atomic E-state index is 13.2. The number of aliphatic imine (C=N–C) groups is 1. The van der Waals surface area contributed by atoms with E-state index in [1.807, 2.05) is 0 Å². The number of para-hydroxylation sites is 1. The molecule has 0 spiro atoms. The highest BCUT2D eigenvalue weighted by molar-refractivity contribution is 7.91. The van der Waals surface area contributed by atoms with E-state index in [2.05, 4.69) is 25.1 Å². The van der Waals surface area contributed by atoms with Gasteiger partial charge in [0, 0.05) is 17.2 Å². The van der Waals surface area contributed by atoms with Gasteiger partial charge >= 0.3 is 18.2 Å². The van der Waals surface area contributed by atoms with Crippen molar-refractivity contribution in [1.29, 1.82) is 0 Å². The second kappa shape index (κ2) is 12.2.